The van der Waals surface area contributed by atoms with Crippen molar-refractivity contribution in [1.82, 2.24) is 20.1 Å². The van der Waals surface area contributed by atoms with Gasteiger partial charge in [0.1, 0.15) is 5.82 Å². The smallest absolute Gasteiger partial charge is 0.150 e. The molecule has 1 aromatic heterocycles. The molecule has 1 aliphatic rings. The molecule has 0 spiro atoms. The van der Waals surface area contributed by atoms with Crippen molar-refractivity contribution in [2.75, 3.05) is 20.3 Å². The summed E-state index contributed by atoms with van der Waals surface area (Å²) in [5, 5.41) is 7.99. The van der Waals surface area contributed by atoms with E-state index in [0.717, 1.165) is 50.7 Å². The van der Waals surface area contributed by atoms with E-state index in [1.54, 1.807) is 0 Å². The van der Waals surface area contributed by atoms with Crippen LogP contribution in [0.5, 0.6) is 0 Å². The molecule has 1 N–H and O–H groups in total. The number of nitrogens with zero attached hydrogens (tertiary/aromatic N) is 3. The van der Waals surface area contributed by atoms with Crippen LogP contribution in [0.4, 0.5) is 0 Å². The molecule has 1 saturated heterocycles. The van der Waals surface area contributed by atoms with E-state index in [1.165, 1.54) is 0 Å². The third kappa shape index (κ3) is 2.90. The molecule has 2 atom stereocenters. The number of ether oxygens (including phenoxy) is 1. The van der Waals surface area contributed by atoms with E-state index >= 15 is 0 Å². The van der Waals surface area contributed by atoms with Crippen molar-refractivity contribution in [3.63, 3.8) is 0 Å². The summed E-state index contributed by atoms with van der Waals surface area (Å²) >= 11 is 0. The summed E-state index contributed by atoms with van der Waals surface area (Å²) in [5.41, 5.74) is 0. The van der Waals surface area contributed by atoms with E-state index in [9.17, 15) is 0 Å². The second-order valence-electron chi connectivity index (χ2n) is 4.85. The number of likely N-dealkylation sites (N-methyl/N-ethyl adjacent to an activating group) is 1. The maximum absolute atomic E-state index is 5.48. The van der Waals surface area contributed by atoms with Gasteiger partial charge < -0.3 is 10.1 Å². The molecule has 0 aliphatic carbocycles. The summed E-state index contributed by atoms with van der Waals surface area (Å²) in [6.07, 6.45) is 2.98. The molecular formula is C13H24N4O. The van der Waals surface area contributed by atoms with Crippen LogP contribution in [-0.4, -0.2) is 41.1 Å². The fourth-order valence-corrected chi connectivity index (χ4v) is 2.52. The number of hydrogen-bond acceptors (Lipinski definition) is 4. The molecular weight excluding hydrogens is 228 g/mol. The quantitative estimate of drug-likeness (QED) is 0.821. The number of rotatable bonds is 6. The van der Waals surface area contributed by atoms with Gasteiger partial charge in [-0.1, -0.05) is 13.8 Å². The van der Waals surface area contributed by atoms with Gasteiger partial charge in [0.25, 0.3) is 0 Å². The van der Waals surface area contributed by atoms with Gasteiger partial charge in [0.15, 0.2) is 5.82 Å². The molecule has 2 heterocycles. The van der Waals surface area contributed by atoms with E-state index in [0.29, 0.717) is 12.0 Å². The number of aryl methyl sites for hydroxylation is 2. The summed E-state index contributed by atoms with van der Waals surface area (Å²) in [5.74, 6) is 2.63. The summed E-state index contributed by atoms with van der Waals surface area (Å²) in [6.45, 7) is 6.87. The first kappa shape index (κ1) is 13.5. The Hall–Kier alpha value is -0.940. The van der Waals surface area contributed by atoms with Crippen LogP contribution in [0.1, 0.15) is 31.9 Å². The Morgan fingerprint density at radius 3 is 2.83 bits per heavy atom. The zero-order chi connectivity index (χ0) is 13.0. The van der Waals surface area contributed by atoms with Crippen molar-refractivity contribution < 1.29 is 4.74 Å². The Kier molecular flexibility index (Phi) is 4.72. The predicted octanol–water partition coefficient (Wildman–Crippen LogP) is 1.03. The summed E-state index contributed by atoms with van der Waals surface area (Å²) in [4.78, 5) is 4.55. The zero-order valence-corrected chi connectivity index (χ0v) is 11.6. The van der Waals surface area contributed by atoms with Crippen LogP contribution in [0, 0.1) is 5.92 Å². The maximum atomic E-state index is 5.48. The van der Waals surface area contributed by atoms with E-state index in [-0.39, 0.29) is 0 Å². The Morgan fingerprint density at radius 1 is 1.44 bits per heavy atom. The highest BCUT2D eigenvalue weighted by molar-refractivity contribution is 4.94. The lowest BCUT2D eigenvalue weighted by atomic mass is 9.99. The predicted molar refractivity (Wildman–Crippen MR) is 70.6 cm³/mol. The number of aromatic nitrogens is 3. The van der Waals surface area contributed by atoms with E-state index in [4.69, 9.17) is 4.74 Å². The third-order valence-corrected chi connectivity index (χ3v) is 3.70. The van der Waals surface area contributed by atoms with E-state index < -0.39 is 0 Å². The van der Waals surface area contributed by atoms with Gasteiger partial charge in [-0.25, -0.2) is 9.67 Å². The van der Waals surface area contributed by atoms with Crippen LogP contribution < -0.4 is 5.32 Å². The fraction of sp³-hybridized carbons (Fsp3) is 0.846. The zero-order valence-electron chi connectivity index (χ0n) is 11.6. The van der Waals surface area contributed by atoms with Crippen molar-refractivity contribution in [3.05, 3.63) is 11.6 Å². The van der Waals surface area contributed by atoms with Crippen LogP contribution in [0.25, 0.3) is 0 Å². The minimum absolute atomic E-state index is 0.421. The van der Waals surface area contributed by atoms with Crippen molar-refractivity contribution in [1.29, 1.82) is 0 Å². The molecule has 5 nitrogen and oxygen atoms in total. The molecule has 0 amide bonds. The van der Waals surface area contributed by atoms with Gasteiger partial charge in [-0.3, -0.25) is 0 Å². The van der Waals surface area contributed by atoms with Crippen LogP contribution >= 0.6 is 0 Å². The van der Waals surface area contributed by atoms with Crippen molar-refractivity contribution in [3.8, 4) is 0 Å². The Bertz CT molecular complexity index is 371. The van der Waals surface area contributed by atoms with Crippen molar-refractivity contribution in [2.24, 2.45) is 5.92 Å². The van der Waals surface area contributed by atoms with Gasteiger partial charge in [0.05, 0.1) is 13.2 Å². The molecule has 2 unspecified atom stereocenters. The largest absolute Gasteiger partial charge is 0.381 e. The van der Waals surface area contributed by atoms with Gasteiger partial charge in [-0.05, 0) is 13.5 Å². The molecule has 5 heteroatoms. The molecule has 0 radical (unpaired) electrons. The SMILES string of the molecule is CCc1nc(CC)n(CC(NC)C2CCOC2)n1. The summed E-state index contributed by atoms with van der Waals surface area (Å²) < 4.78 is 7.54. The van der Waals surface area contributed by atoms with Crippen LogP contribution in [-0.2, 0) is 24.1 Å². The Labute approximate surface area is 109 Å². The first-order chi connectivity index (χ1) is 8.78. The minimum Gasteiger partial charge on any atom is -0.381 e. The lowest BCUT2D eigenvalue weighted by Gasteiger charge is -2.22. The molecule has 18 heavy (non-hydrogen) atoms. The number of nitrogens with one attached hydrogen (secondary N) is 1. The second kappa shape index (κ2) is 6.29. The number of hydrogen-bond donors (Lipinski definition) is 1. The van der Waals surface area contributed by atoms with Crippen LogP contribution in [0.15, 0.2) is 0 Å². The molecule has 1 aliphatic heterocycles. The average molecular weight is 252 g/mol. The van der Waals surface area contributed by atoms with Gasteiger partial charge in [-0.2, -0.15) is 5.10 Å². The van der Waals surface area contributed by atoms with Crippen molar-refractivity contribution in [2.45, 2.75) is 45.7 Å². The third-order valence-electron chi connectivity index (χ3n) is 3.70. The highest BCUT2D eigenvalue weighted by Gasteiger charge is 2.25. The maximum Gasteiger partial charge on any atom is 0.150 e. The normalized spacial score (nSPS) is 21.4. The molecule has 1 aromatic rings. The lowest BCUT2D eigenvalue weighted by molar-refractivity contribution is 0.174. The van der Waals surface area contributed by atoms with E-state index in [1.807, 2.05) is 7.05 Å². The molecule has 1 fully saturated rings. The molecule has 0 aromatic carbocycles. The molecule has 0 saturated carbocycles. The second-order valence-corrected chi connectivity index (χ2v) is 4.85. The minimum atomic E-state index is 0.421. The van der Waals surface area contributed by atoms with Gasteiger partial charge in [0.2, 0.25) is 0 Å². The fourth-order valence-electron chi connectivity index (χ4n) is 2.52. The summed E-state index contributed by atoms with van der Waals surface area (Å²) in [7, 11) is 2.02. The van der Waals surface area contributed by atoms with E-state index in [2.05, 4.69) is 33.9 Å². The molecule has 2 rings (SSSR count). The molecule has 102 valence electrons. The Balaban J connectivity index is 2.07. The van der Waals surface area contributed by atoms with Crippen LogP contribution in [0.2, 0.25) is 0 Å². The summed E-state index contributed by atoms with van der Waals surface area (Å²) in [6, 6.07) is 0.421. The monoisotopic (exact) mass is 252 g/mol. The topological polar surface area (TPSA) is 52.0 Å². The first-order valence-corrected chi connectivity index (χ1v) is 6.96. The van der Waals surface area contributed by atoms with Gasteiger partial charge >= 0.3 is 0 Å². The lowest BCUT2D eigenvalue weighted by Crippen LogP contribution is -2.38. The standard InChI is InChI=1S/C13H24N4O/c1-4-12-15-13(5-2)17(16-12)8-11(14-3)10-6-7-18-9-10/h10-11,14H,4-9H2,1-3H3. The van der Waals surface area contributed by atoms with Gasteiger partial charge in [0, 0.05) is 31.4 Å². The molecule has 0 bridgehead atoms. The van der Waals surface area contributed by atoms with Crippen LogP contribution in [0.3, 0.4) is 0 Å². The van der Waals surface area contributed by atoms with Crippen molar-refractivity contribution >= 4 is 0 Å². The van der Waals surface area contributed by atoms with Gasteiger partial charge in [-0.15, -0.1) is 0 Å². The average Bonchev–Trinajstić information content (AvgIpc) is 3.04. The first-order valence-electron chi connectivity index (χ1n) is 6.96. The highest BCUT2D eigenvalue weighted by Crippen LogP contribution is 2.18. The highest BCUT2D eigenvalue weighted by atomic mass is 16.5. The Morgan fingerprint density at radius 2 is 2.28 bits per heavy atom.